The van der Waals surface area contributed by atoms with Gasteiger partial charge in [0.25, 0.3) is 0 Å². The molecule has 0 aliphatic carbocycles. The van der Waals surface area contributed by atoms with Crippen molar-refractivity contribution in [2.45, 2.75) is 26.2 Å². The summed E-state index contributed by atoms with van der Waals surface area (Å²) in [6, 6.07) is 4.02. The average Bonchev–Trinajstić information content (AvgIpc) is 2.40. The highest BCUT2D eigenvalue weighted by atomic mass is 127. The summed E-state index contributed by atoms with van der Waals surface area (Å²) in [6.45, 7) is 5.13. The molecular formula is C14H23IN4. The monoisotopic (exact) mass is 374 g/mol. The molecule has 1 aromatic rings. The van der Waals surface area contributed by atoms with Gasteiger partial charge in [-0.15, -0.1) is 24.0 Å². The van der Waals surface area contributed by atoms with Crippen LogP contribution in [0.1, 0.15) is 25.3 Å². The fourth-order valence-electron chi connectivity index (χ4n) is 2.18. The lowest BCUT2D eigenvalue weighted by atomic mass is 10.00. The van der Waals surface area contributed by atoms with Crippen LogP contribution in [0.3, 0.4) is 0 Å². The van der Waals surface area contributed by atoms with Crippen LogP contribution in [-0.2, 0) is 6.42 Å². The summed E-state index contributed by atoms with van der Waals surface area (Å²) in [5.74, 6) is 1.52. The zero-order chi connectivity index (χ0) is 12.8. The van der Waals surface area contributed by atoms with Crippen molar-refractivity contribution in [2.75, 3.05) is 19.6 Å². The van der Waals surface area contributed by atoms with Crippen molar-refractivity contribution in [1.82, 2.24) is 9.88 Å². The summed E-state index contributed by atoms with van der Waals surface area (Å²) in [5, 5.41) is 0. The minimum absolute atomic E-state index is 0. The molecule has 0 spiro atoms. The summed E-state index contributed by atoms with van der Waals surface area (Å²) < 4.78 is 0. The Morgan fingerprint density at radius 3 is 2.84 bits per heavy atom. The van der Waals surface area contributed by atoms with E-state index in [0.29, 0.717) is 5.96 Å². The van der Waals surface area contributed by atoms with E-state index in [4.69, 9.17) is 5.73 Å². The molecule has 0 unspecified atom stereocenters. The summed E-state index contributed by atoms with van der Waals surface area (Å²) >= 11 is 0. The molecule has 1 saturated heterocycles. The van der Waals surface area contributed by atoms with E-state index in [1.165, 1.54) is 18.4 Å². The van der Waals surface area contributed by atoms with Crippen LogP contribution in [0.15, 0.2) is 29.5 Å². The Labute approximate surface area is 132 Å². The van der Waals surface area contributed by atoms with Crippen LogP contribution in [0.25, 0.3) is 0 Å². The Morgan fingerprint density at radius 2 is 2.21 bits per heavy atom. The van der Waals surface area contributed by atoms with E-state index >= 15 is 0 Å². The Kier molecular flexibility index (Phi) is 7.12. The number of aromatic nitrogens is 1. The standard InChI is InChI=1S/C14H22N4.HI/c1-12-5-9-18(10-6-12)14(15)17-8-4-13-3-2-7-16-11-13;/h2-3,7,11-12H,4-6,8-10H2,1H3,(H2,15,17);1H. The predicted molar refractivity (Wildman–Crippen MR) is 89.8 cm³/mol. The number of nitrogens with two attached hydrogens (primary N) is 1. The van der Waals surface area contributed by atoms with Gasteiger partial charge in [0.2, 0.25) is 0 Å². The second-order valence-electron chi connectivity index (χ2n) is 5.02. The molecule has 19 heavy (non-hydrogen) atoms. The summed E-state index contributed by atoms with van der Waals surface area (Å²) in [6.07, 6.45) is 7.01. The van der Waals surface area contributed by atoms with Gasteiger partial charge in [0, 0.05) is 32.0 Å². The summed E-state index contributed by atoms with van der Waals surface area (Å²) in [5.41, 5.74) is 7.23. The van der Waals surface area contributed by atoms with Crippen LogP contribution < -0.4 is 5.73 Å². The van der Waals surface area contributed by atoms with Gasteiger partial charge in [0.15, 0.2) is 5.96 Å². The van der Waals surface area contributed by atoms with Gasteiger partial charge >= 0.3 is 0 Å². The van der Waals surface area contributed by atoms with E-state index in [0.717, 1.165) is 32.0 Å². The van der Waals surface area contributed by atoms with Gasteiger partial charge in [-0.05, 0) is 36.8 Å². The zero-order valence-electron chi connectivity index (χ0n) is 11.5. The number of likely N-dealkylation sites (tertiary alicyclic amines) is 1. The van der Waals surface area contributed by atoms with Crippen LogP contribution in [-0.4, -0.2) is 35.5 Å². The van der Waals surface area contributed by atoms with Gasteiger partial charge < -0.3 is 10.6 Å². The molecule has 0 radical (unpaired) electrons. The normalized spacial score (nSPS) is 17.1. The fraction of sp³-hybridized carbons (Fsp3) is 0.571. The van der Waals surface area contributed by atoms with Crippen molar-refractivity contribution in [2.24, 2.45) is 16.6 Å². The number of hydrogen-bond donors (Lipinski definition) is 1. The van der Waals surface area contributed by atoms with Crippen LogP contribution in [0.4, 0.5) is 0 Å². The number of rotatable bonds is 3. The topological polar surface area (TPSA) is 54.5 Å². The molecular weight excluding hydrogens is 351 g/mol. The molecule has 1 fully saturated rings. The molecule has 0 saturated carbocycles. The lowest BCUT2D eigenvalue weighted by molar-refractivity contribution is 0.277. The molecule has 0 bridgehead atoms. The van der Waals surface area contributed by atoms with Gasteiger partial charge in [-0.2, -0.15) is 0 Å². The molecule has 0 atom stereocenters. The Bertz CT molecular complexity index is 386. The number of hydrogen-bond acceptors (Lipinski definition) is 2. The maximum Gasteiger partial charge on any atom is 0.191 e. The maximum atomic E-state index is 6.02. The Hall–Kier alpha value is -0.850. The van der Waals surface area contributed by atoms with Crippen LogP contribution >= 0.6 is 24.0 Å². The summed E-state index contributed by atoms with van der Waals surface area (Å²) in [4.78, 5) is 10.7. The number of halogens is 1. The molecule has 1 aliphatic rings. The molecule has 0 amide bonds. The van der Waals surface area contributed by atoms with E-state index in [9.17, 15) is 0 Å². The number of aliphatic imine (C=N–C) groups is 1. The summed E-state index contributed by atoms with van der Waals surface area (Å²) in [7, 11) is 0. The van der Waals surface area contributed by atoms with Crippen molar-refractivity contribution >= 4 is 29.9 Å². The molecule has 5 heteroatoms. The van der Waals surface area contributed by atoms with E-state index in [-0.39, 0.29) is 24.0 Å². The number of piperidine rings is 1. The third kappa shape index (κ3) is 5.34. The second kappa shape index (κ2) is 8.35. The molecule has 4 nitrogen and oxygen atoms in total. The highest BCUT2D eigenvalue weighted by molar-refractivity contribution is 14.0. The molecule has 106 valence electrons. The molecule has 2 heterocycles. The van der Waals surface area contributed by atoms with Gasteiger partial charge in [0.05, 0.1) is 0 Å². The van der Waals surface area contributed by atoms with Crippen LogP contribution in [0, 0.1) is 5.92 Å². The number of nitrogens with zero attached hydrogens (tertiary/aromatic N) is 3. The smallest absolute Gasteiger partial charge is 0.191 e. The third-order valence-electron chi connectivity index (χ3n) is 3.50. The van der Waals surface area contributed by atoms with Crippen molar-refractivity contribution in [1.29, 1.82) is 0 Å². The van der Waals surface area contributed by atoms with Crippen LogP contribution in [0.5, 0.6) is 0 Å². The highest BCUT2D eigenvalue weighted by Crippen LogP contribution is 2.15. The second-order valence-corrected chi connectivity index (χ2v) is 5.02. The molecule has 2 rings (SSSR count). The van der Waals surface area contributed by atoms with E-state index in [1.54, 1.807) is 6.20 Å². The fourth-order valence-corrected chi connectivity index (χ4v) is 2.18. The average molecular weight is 374 g/mol. The lowest BCUT2D eigenvalue weighted by Gasteiger charge is -2.31. The largest absolute Gasteiger partial charge is 0.370 e. The first-order chi connectivity index (χ1) is 8.75. The first-order valence-electron chi connectivity index (χ1n) is 6.69. The van der Waals surface area contributed by atoms with Gasteiger partial charge in [0.1, 0.15) is 0 Å². The number of guanidine groups is 1. The van der Waals surface area contributed by atoms with Crippen molar-refractivity contribution in [3.63, 3.8) is 0 Å². The number of pyridine rings is 1. The molecule has 1 aliphatic heterocycles. The van der Waals surface area contributed by atoms with Gasteiger partial charge in [-0.25, -0.2) is 0 Å². The third-order valence-corrected chi connectivity index (χ3v) is 3.50. The SMILES string of the molecule is CC1CCN(C(N)=NCCc2cccnc2)CC1.I. The maximum absolute atomic E-state index is 6.02. The lowest BCUT2D eigenvalue weighted by Crippen LogP contribution is -2.42. The van der Waals surface area contributed by atoms with E-state index in [2.05, 4.69) is 27.9 Å². The van der Waals surface area contributed by atoms with E-state index < -0.39 is 0 Å². The first kappa shape index (κ1) is 16.2. The molecule has 0 aromatic carbocycles. The molecule has 2 N–H and O–H groups in total. The van der Waals surface area contributed by atoms with Crippen LogP contribution in [0.2, 0.25) is 0 Å². The van der Waals surface area contributed by atoms with E-state index in [1.807, 2.05) is 12.3 Å². The van der Waals surface area contributed by atoms with Crippen molar-refractivity contribution in [3.05, 3.63) is 30.1 Å². The predicted octanol–water partition coefficient (Wildman–Crippen LogP) is 2.29. The van der Waals surface area contributed by atoms with Crippen molar-refractivity contribution in [3.8, 4) is 0 Å². The van der Waals surface area contributed by atoms with Gasteiger partial charge in [-0.1, -0.05) is 13.0 Å². The van der Waals surface area contributed by atoms with Crippen molar-refractivity contribution < 1.29 is 0 Å². The highest BCUT2D eigenvalue weighted by Gasteiger charge is 2.16. The quantitative estimate of drug-likeness (QED) is 0.502. The molecule has 1 aromatic heterocycles. The Morgan fingerprint density at radius 1 is 1.47 bits per heavy atom. The van der Waals surface area contributed by atoms with Gasteiger partial charge in [-0.3, -0.25) is 9.98 Å². The zero-order valence-corrected chi connectivity index (χ0v) is 13.8. The Balaban J connectivity index is 0.00000180. The minimum Gasteiger partial charge on any atom is -0.370 e. The first-order valence-corrected chi connectivity index (χ1v) is 6.69. The minimum atomic E-state index is 0.